The van der Waals surface area contributed by atoms with Crippen molar-refractivity contribution in [2.24, 2.45) is 5.92 Å². The number of carbonyl (C=O) groups excluding carboxylic acids is 1. The largest absolute Gasteiger partial charge is 0.493 e. The molecule has 0 aliphatic heterocycles. The van der Waals surface area contributed by atoms with Gasteiger partial charge in [0.2, 0.25) is 0 Å². The van der Waals surface area contributed by atoms with Gasteiger partial charge in [-0.3, -0.25) is 9.59 Å². The van der Waals surface area contributed by atoms with Crippen molar-refractivity contribution in [2.45, 2.75) is 12.8 Å². The monoisotopic (exact) mass is 325 g/mol. The summed E-state index contributed by atoms with van der Waals surface area (Å²) in [5.41, 5.74) is 3.21. The van der Waals surface area contributed by atoms with Crippen LogP contribution >= 0.6 is 0 Å². The number of carboxylic acid groups (broad SMARTS) is 1. The second-order valence-electron chi connectivity index (χ2n) is 5.95. The maximum atomic E-state index is 11.7. The molecule has 0 saturated carbocycles. The molecule has 1 aliphatic carbocycles. The molecule has 0 atom stereocenters. The van der Waals surface area contributed by atoms with Crippen LogP contribution in [-0.4, -0.2) is 30.1 Å². The van der Waals surface area contributed by atoms with Gasteiger partial charge in [0.1, 0.15) is 12.3 Å². The Balaban J connectivity index is 1.50. The Morgan fingerprint density at radius 1 is 1.04 bits per heavy atom. The van der Waals surface area contributed by atoms with Crippen LogP contribution in [0, 0.1) is 5.92 Å². The van der Waals surface area contributed by atoms with E-state index < -0.39 is 11.9 Å². The fraction of sp³-hybridized carbons (Fsp3) is 0.263. The zero-order chi connectivity index (χ0) is 16.9. The quantitative estimate of drug-likeness (QED) is 0.854. The van der Waals surface area contributed by atoms with Gasteiger partial charge in [-0.25, -0.2) is 0 Å². The standard InChI is InChI=1S/C19H19NO4/c21-18(22)11-20-19(23)14-5-7-17(8-6-14)24-12-13-9-15-3-1-2-4-16(15)10-13/h1-8,13H,9-12H2,(H,20,23)(H,21,22). The first-order valence-corrected chi connectivity index (χ1v) is 7.91. The number of carbonyl (C=O) groups is 2. The predicted octanol–water partition coefficient (Wildman–Crippen LogP) is 2.29. The summed E-state index contributed by atoms with van der Waals surface area (Å²) in [6.07, 6.45) is 2.07. The molecule has 2 aromatic rings. The number of hydrogen-bond donors (Lipinski definition) is 2. The number of fused-ring (bicyclic) bond motifs is 1. The molecule has 2 N–H and O–H groups in total. The van der Waals surface area contributed by atoms with Crippen LogP contribution in [0.25, 0.3) is 0 Å². The normalized spacial score (nSPS) is 13.3. The topological polar surface area (TPSA) is 75.6 Å². The van der Waals surface area contributed by atoms with E-state index in [4.69, 9.17) is 9.84 Å². The highest BCUT2D eigenvalue weighted by atomic mass is 16.5. The Morgan fingerprint density at radius 3 is 2.25 bits per heavy atom. The zero-order valence-electron chi connectivity index (χ0n) is 13.2. The highest BCUT2D eigenvalue weighted by Gasteiger charge is 2.21. The maximum Gasteiger partial charge on any atom is 0.322 e. The second kappa shape index (κ2) is 7.17. The number of aliphatic carboxylic acids is 1. The van der Waals surface area contributed by atoms with Crippen molar-refractivity contribution in [3.63, 3.8) is 0 Å². The van der Waals surface area contributed by atoms with Crippen LogP contribution < -0.4 is 10.1 Å². The Bertz CT molecular complexity index is 714. The van der Waals surface area contributed by atoms with Crippen molar-refractivity contribution in [1.29, 1.82) is 0 Å². The molecule has 0 radical (unpaired) electrons. The summed E-state index contributed by atoms with van der Waals surface area (Å²) < 4.78 is 5.83. The predicted molar refractivity (Wildman–Crippen MR) is 89.2 cm³/mol. The van der Waals surface area contributed by atoms with Gasteiger partial charge < -0.3 is 15.2 Å². The molecule has 0 heterocycles. The van der Waals surface area contributed by atoms with Crippen LogP contribution in [0.5, 0.6) is 5.75 Å². The van der Waals surface area contributed by atoms with Gasteiger partial charge in [0.25, 0.3) is 5.91 Å². The molecule has 5 nitrogen and oxygen atoms in total. The number of ether oxygens (including phenoxy) is 1. The van der Waals surface area contributed by atoms with Crippen molar-refractivity contribution in [2.75, 3.05) is 13.2 Å². The molecule has 0 saturated heterocycles. The summed E-state index contributed by atoms with van der Waals surface area (Å²) in [6.45, 7) is 0.249. The Hall–Kier alpha value is -2.82. The van der Waals surface area contributed by atoms with E-state index in [-0.39, 0.29) is 6.54 Å². The molecule has 24 heavy (non-hydrogen) atoms. The van der Waals surface area contributed by atoms with Crippen LogP contribution in [0.3, 0.4) is 0 Å². The van der Waals surface area contributed by atoms with Crippen LogP contribution in [0.1, 0.15) is 21.5 Å². The van der Waals surface area contributed by atoms with E-state index in [2.05, 4.69) is 29.6 Å². The summed E-state index contributed by atoms with van der Waals surface area (Å²) in [5, 5.41) is 10.9. The molecular weight excluding hydrogens is 306 g/mol. The van der Waals surface area contributed by atoms with Gasteiger partial charge in [0.05, 0.1) is 6.61 Å². The first kappa shape index (κ1) is 16.1. The van der Waals surface area contributed by atoms with Gasteiger partial charge in [-0.2, -0.15) is 0 Å². The summed E-state index contributed by atoms with van der Waals surface area (Å²) >= 11 is 0. The summed E-state index contributed by atoms with van der Waals surface area (Å²) in [5.74, 6) is -0.294. The summed E-state index contributed by atoms with van der Waals surface area (Å²) in [7, 11) is 0. The molecule has 1 aliphatic rings. The average Bonchev–Trinajstić information content (AvgIpc) is 3.01. The minimum atomic E-state index is -1.07. The van der Waals surface area contributed by atoms with Gasteiger partial charge >= 0.3 is 5.97 Å². The smallest absolute Gasteiger partial charge is 0.322 e. The van der Waals surface area contributed by atoms with Crippen molar-refractivity contribution in [1.82, 2.24) is 5.32 Å². The molecule has 0 unspecified atom stereocenters. The van der Waals surface area contributed by atoms with Crippen molar-refractivity contribution < 1.29 is 19.4 Å². The molecule has 0 spiro atoms. The number of nitrogens with one attached hydrogen (secondary N) is 1. The van der Waals surface area contributed by atoms with Gasteiger partial charge in [-0.05, 0) is 48.2 Å². The van der Waals surface area contributed by atoms with Gasteiger partial charge in [-0.15, -0.1) is 0 Å². The van der Waals surface area contributed by atoms with Gasteiger partial charge in [-0.1, -0.05) is 24.3 Å². The van der Waals surface area contributed by atoms with Gasteiger partial charge in [0.15, 0.2) is 0 Å². The Morgan fingerprint density at radius 2 is 1.67 bits per heavy atom. The number of hydrogen-bond acceptors (Lipinski definition) is 3. The van der Waals surface area contributed by atoms with Crippen LogP contribution in [-0.2, 0) is 17.6 Å². The van der Waals surface area contributed by atoms with E-state index in [1.54, 1.807) is 24.3 Å². The van der Waals surface area contributed by atoms with Crippen LogP contribution in [0.15, 0.2) is 48.5 Å². The van der Waals surface area contributed by atoms with Crippen LogP contribution in [0.4, 0.5) is 0 Å². The maximum absolute atomic E-state index is 11.7. The number of benzene rings is 2. The fourth-order valence-electron chi connectivity index (χ4n) is 2.94. The lowest BCUT2D eigenvalue weighted by molar-refractivity contribution is -0.135. The van der Waals surface area contributed by atoms with Crippen molar-refractivity contribution in [3.05, 3.63) is 65.2 Å². The number of rotatable bonds is 6. The van der Waals surface area contributed by atoms with E-state index in [0.717, 1.165) is 12.8 Å². The van der Waals surface area contributed by atoms with Crippen molar-refractivity contribution in [3.8, 4) is 5.75 Å². The van der Waals surface area contributed by atoms with E-state index in [0.29, 0.717) is 23.8 Å². The third-order valence-corrected chi connectivity index (χ3v) is 4.14. The Kier molecular flexibility index (Phi) is 4.79. The van der Waals surface area contributed by atoms with Gasteiger partial charge in [0, 0.05) is 11.5 Å². The molecule has 5 heteroatoms. The van der Waals surface area contributed by atoms with E-state index in [9.17, 15) is 9.59 Å². The number of amides is 1. The van der Waals surface area contributed by atoms with E-state index >= 15 is 0 Å². The molecule has 3 rings (SSSR count). The van der Waals surface area contributed by atoms with Crippen LogP contribution in [0.2, 0.25) is 0 Å². The SMILES string of the molecule is O=C(O)CNC(=O)c1ccc(OCC2Cc3ccccc3C2)cc1. The molecular formula is C19H19NO4. The summed E-state index contributed by atoms with van der Waals surface area (Å²) in [4.78, 5) is 22.2. The first-order chi connectivity index (χ1) is 11.6. The highest BCUT2D eigenvalue weighted by molar-refractivity contribution is 5.95. The third kappa shape index (κ3) is 3.93. The minimum Gasteiger partial charge on any atom is -0.493 e. The molecule has 0 bridgehead atoms. The Labute approximate surface area is 140 Å². The minimum absolute atomic E-state index is 0.390. The molecule has 0 aromatic heterocycles. The summed E-state index contributed by atoms with van der Waals surface area (Å²) in [6, 6.07) is 15.2. The van der Waals surface area contributed by atoms with E-state index in [1.807, 2.05) is 0 Å². The third-order valence-electron chi connectivity index (χ3n) is 4.14. The van der Waals surface area contributed by atoms with Crippen molar-refractivity contribution >= 4 is 11.9 Å². The van der Waals surface area contributed by atoms with E-state index in [1.165, 1.54) is 11.1 Å². The lowest BCUT2D eigenvalue weighted by Crippen LogP contribution is -2.29. The average molecular weight is 325 g/mol. The fourth-order valence-corrected chi connectivity index (χ4v) is 2.94. The lowest BCUT2D eigenvalue weighted by atomic mass is 10.1. The lowest BCUT2D eigenvalue weighted by Gasteiger charge is -2.12. The molecule has 124 valence electrons. The number of carboxylic acids is 1. The second-order valence-corrected chi connectivity index (χ2v) is 5.95. The zero-order valence-corrected chi connectivity index (χ0v) is 13.2. The first-order valence-electron chi connectivity index (χ1n) is 7.91. The highest BCUT2D eigenvalue weighted by Crippen LogP contribution is 2.27. The molecule has 0 fully saturated rings. The molecule has 1 amide bonds. The molecule has 2 aromatic carbocycles.